The number of diazo groups is 1. The van der Waals surface area contributed by atoms with E-state index in [2.05, 4.69) is 15.0 Å². The van der Waals surface area contributed by atoms with Gasteiger partial charge in [-0.2, -0.15) is 0 Å². The highest BCUT2D eigenvalue weighted by Crippen LogP contribution is 2.22. The van der Waals surface area contributed by atoms with E-state index in [4.69, 9.17) is 15.7 Å². The lowest BCUT2D eigenvalue weighted by Gasteiger charge is -1.97. The van der Waals surface area contributed by atoms with Gasteiger partial charge in [0.1, 0.15) is 0 Å². The van der Waals surface area contributed by atoms with Gasteiger partial charge < -0.3 is 9.84 Å². The molecule has 0 radical (unpaired) electrons. The van der Waals surface area contributed by atoms with Crippen LogP contribution in [0, 0.1) is 5.39 Å². The van der Waals surface area contributed by atoms with Gasteiger partial charge in [-0.25, -0.2) is 0 Å². The lowest BCUT2D eigenvalue weighted by molar-refractivity contribution is 0.105. The standard InChI is InChI=1S/C10H9N5O2/c1-2-17-10(16)9(13-11)7-3-5-8(6-4-7)14-15-12/h3-6H,2H2,1H3/p+1/b10-9-. The molecule has 0 spiro atoms. The minimum atomic E-state index is -0.466. The summed E-state index contributed by atoms with van der Waals surface area (Å²) in [7, 11) is 0. The van der Waals surface area contributed by atoms with Crippen molar-refractivity contribution in [3.05, 3.63) is 51.2 Å². The lowest BCUT2D eigenvalue weighted by Crippen LogP contribution is -1.94. The highest BCUT2D eigenvalue weighted by molar-refractivity contribution is 5.71. The minimum Gasteiger partial charge on any atom is -0.475 e. The smallest absolute Gasteiger partial charge is 0.471 e. The maximum absolute atomic E-state index is 9.46. The Labute approximate surface area is 97.2 Å². The minimum absolute atomic E-state index is 0.0839. The third kappa shape index (κ3) is 3.12. The van der Waals surface area contributed by atoms with E-state index in [1.54, 1.807) is 6.92 Å². The monoisotopic (exact) mass is 232 g/mol. The van der Waals surface area contributed by atoms with Crippen molar-refractivity contribution in [2.45, 2.75) is 6.92 Å². The number of azide groups is 1. The van der Waals surface area contributed by atoms with Crippen LogP contribution in [0.5, 0.6) is 0 Å². The molecule has 0 aromatic heterocycles. The van der Waals surface area contributed by atoms with Gasteiger partial charge in [0, 0.05) is 10.6 Å². The molecule has 1 aromatic carbocycles. The van der Waals surface area contributed by atoms with Crippen LogP contribution in [0.3, 0.4) is 0 Å². The van der Waals surface area contributed by atoms with Crippen molar-refractivity contribution in [1.29, 1.82) is 5.39 Å². The van der Waals surface area contributed by atoms with Gasteiger partial charge in [-0.3, -0.25) is 0 Å². The van der Waals surface area contributed by atoms with Gasteiger partial charge in [-0.1, -0.05) is 17.2 Å². The van der Waals surface area contributed by atoms with Crippen LogP contribution in [0.4, 0.5) is 5.69 Å². The van der Waals surface area contributed by atoms with Crippen LogP contribution in [0.15, 0.2) is 35.3 Å². The molecule has 0 saturated carbocycles. The first-order valence-corrected chi connectivity index (χ1v) is 4.79. The average Bonchev–Trinajstić information content (AvgIpc) is 2.33. The summed E-state index contributed by atoms with van der Waals surface area (Å²) < 4.78 is 4.83. The predicted octanol–water partition coefficient (Wildman–Crippen LogP) is 3.70. The molecule has 17 heavy (non-hydrogen) atoms. The number of hydrogen-bond donors (Lipinski definition) is 1. The summed E-state index contributed by atoms with van der Waals surface area (Å²) in [5.41, 5.74) is 9.01. The van der Waals surface area contributed by atoms with Gasteiger partial charge in [0.2, 0.25) is 5.39 Å². The summed E-state index contributed by atoms with van der Waals surface area (Å²) in [5, 5.41) is 21.6. The molecule has 0 atom stereocenters. The van der Waals surface area contributed by atoms with Crippen LogP contribution in [0.25, 0.3) is 21.1 Å². The van der Waals surface area contributed by atoms with Crippen molar-refractivity contribution in [2.24, 2.45) is 5.11 Å². The van der Waals surface area contributed by atoms with Crippen LogP contribution < -0.4 is 0 Å². The highest BCUT2D eigenvalue weighted by Gasteiger charge is 2.23. The fraction of sp³-hybridized carbons (Fsp3) is 0.200. The number of hydrogen-bond acceptors (Lipinski definition) is 4. The van der Waals surface area contributed by atoms with E-state index >= 15 is 0 Å². The molecule has 0 fully saturated rings. The SMILES string of the molecule is CCO/C(O)=C(\[N+]#N)c1ccc(N=[N+]=[N-])cc1. The second kappa shape index (κ2) is 6.00. The van der Waals surface area contributed by atoms with Gasteiger partial charge in [0.25, 0.3) is 0 Å². The lowest BCUT2D eigenvalue weighted by atomic mass is 10.1. The van der Waals surface area contributed by atoms with Gasteiger partial charge in [-0.15, -0.1) is 0 Å². The number of aliphatic hydroxyl groups excluding tert-OH is 1. The van der Waals surface area contributed by atoms with E-state index in [9.17, 15) is 5.11 Å². The molecule has 86 valence electrons. The number of ether oxygens (including phenoxy) is 1. The molecular weight excluding hydrogens is 222 g/mol. The van der Waals surface area contributed by atoms with Crippen molar-refractivity contribution in [3.8, 4) is 0 Å². The number of rotatable bonds is 4. The normalized spacial score (nSPS) is 10.8. The Balaban J connectivity index is 3.10. The molecule has 7 heteroatoms. The molecule has 1 rings (SSSR count). The fourth-order valence-electron chi connectivity index (χ4n) is 1.17. The van der Waals surface area contributed by atoms with Crippen LogP contribution in [0.1, 0.15) is 12.5 Å². The van der Waals surface area contributed by atoms with Crippen LogP contribution >= 0.6 is 0 Å². The summed E-state index contributed by atoms with van der Waals surface area (Å²) in [6.45, 7) is 1.94. The maximum Gasteiger partial charge on any atom is 0.471 e. The van der Waals surface area contributed by atoms with E-state index in [0.717, 1.165) is 0 Å². The Morgan fingerprint density at radius 1 is 1.47 bits per heavy atom. The van der Waals surface area contributed by atoms with Gasteiger partial charge >= 0.3 is 11.6 Å². The van der Waals surface area contributed by atoms with Crippen LogP contribution in [-0.2, 0) is 4.74 Å². The zero-order chi connectivity index (χ0) is 12.7. The Kier molecular flexibility index (Phi) is 4.36. The Morgan fingerprint density at radius 3 is 2.59 bits per heavy atom. The first kappa shape index (κ1) is 12.4. The number of benzene rings is 1. The van der Waals surface area contributed by atoms with Gasteiger partial charge in [0.05, 0.1) is 12.2 Å². The van der Waals surface area contributed by atoms with Gasteiger partial charge in [-0.05, 0) is 24.6 Å². The zero-order valence-electron chi connectivity index (χ0n) is 9.11. The van der Waals surface area contributed by atoms with Crippen molar-refractivity contribution in [1.82, 2.24) is 0 Å². The molecule has 0 aliphatic heterocycles. The molecule has 0 bridgehead atoms. The van der Waals surface area contributed by atoms with E-state index < -0.39 is 5.95 Å². The van der Waals surface area contributed by atoms with Crippen molar-refractivity contribution in [3.63, 3.8) is 0 Å². The predicted molar refractivity (Wildman–Crippen MR) is 61.5 cm³/mol. The van der Waals surface area contributed by atoms with Crippen LogP contribution in [-0.4, -0.2) is 11.7 Å². The Morgan fingerprint density at radius 2 is 2.12 bits per heavy atom. The molecular formula is C10H10N5O2+. The number of aliphatic hydroxyl groups is 1. The first-order chi connectivity index (χ1) is 8.22. The van der Waals surface area contributed by atoms with E-state index in [1.807, 2.05) is 0 Å². The van der Waals surface area contributed by atoms with E-state index in [0.29, 0.717) is 11.3 Å². The third-order valence-corrected chi connectivity index (χ3v) is 1.88. The molecule has 0 heterocycles. The summed E-state index contributed by atoms with van der Waals surface area (Å²) in [4.78, 5) is 5.58. The third-order valence-electron chi connectivity index (χ3n) is 1.88. The second-order valence-electron chi connectivity index (χ2n) is 2.92. The highest BCUT2D eigenvalue weighted by atomic mass is 16.6. The summed E-state index contributed by atoms with van der Waals surface area (Å²) in [5.74, 6) is -0.466. The average molecular weight is 232 g/mol. The molecule has 0 aliphatic carbocycles. The summed E-state index contributed by atoms with van der Waals surface area (Å²) in [6.07, 6.45) is 0. The van der Waals surface area contributed by atoms with Crippen molar-refractivity contribution >= 4 is 11.4 Å². The van der Waals surface area contributed by atoms with E-state index in [1.165, 1.54) is 24.3 Å². The number of nitrogens with zero attached hydrogens (tertiary/aromatic N) is 5. The quantitative estimate of drug-likeness (QED) is 0.281. The zero-order valence-corrected chi connectivity index (χ0v) is 9.11. The molecule has 1 N–H and O–H groups in total. The first-order valence-electron chi connectivity index (χ1n) is 4.79. The molecule has 0 aliphatic rings. The van der Waals surface area contributed by atoms with Gasteiger partial charge in [0.15, 0.2) is 4.98 Å². The summed E-state index contributed by atoms with van der Waals surface area (Å²) in [6, 6.07) is 6.13. The molecule has 0 amide bonds. The van der Waals surface area contributed by atoms with Crippen molar-refractivity contribution in [2.75, 3.05) is 6.61 Å². The molecule has 1 aromatic rings. The van der Waals surface area contributed by atoms with E-state index in [-0.39, 0.29) is 12.3 Å². The Bertz CT molecular complexity index is 508. The van der Waals surface area contributed by atoms with Crippen molar-refractivity contribution < 1.29 is 9.84 Å². The molecule has 0 unspecified atom stereocenters. The molecule has 0 saturated heterocycles. The largest absolute Gasteiger partial charge is 0.475 e. The van der Waals surface area contributed by atoms with Crippen LogP contribution in [0.2, 0.25) is 0 Å². The Hall–Kier alpha value is -2.71. The fourth-order valence-corrected chi connectivity index (χ4v) is 1.17. The maximum atomic E-state index is 9.46. The second-order valence-corrected chi connectivity index (χ2v) is 2.92. The summed E-state index contributed by atoms with van der Waals surface area (Å²) >= 11 is 0. The molecule has 7 nitrogen and oxygen atoms in total. The topological polar surface area (TPSA) is 106 Å².